The van der Waals surface area contributed by atoms with Crippen molar-refractivity contribution in [1.82, 2.24) is 19.6 Å². The Morgan fingerprint density at radius 2 is 1.92 bits per heavy atom. The fourth-order valence-corrected chi connectivity index (χ4v) is 2.39. The first-order chi connectivity index (χ1) is 11.5. The van der Waals surface area contributed by atoms with Crippen molar-refractivity contribution in [2.24, 2.45) is 7.05 Å². The van der Waals surface area contributed by atoms with Gasteiger partial charge in [-0.1, -0.05) is 18.2 Å². The Kier molecular flexibility index (Phi) is 3.87. The highest BCUT2D eigenvalue weighted by Gasteiger charge is 2.23. The van der Waals surface area contributed by atoms with Gasteiger partial charge < -0.3 is 10.4 Å². The van der Waals surface area contributed by atoms with Gasteiger partial charge in [0.15, 0.2) is 0 Å². The fraction of sp³-hybridized carbons (Fsp3) is 0.125. The van der Waals surface area contributed by atoms with Crippen molar-refractivity contribution < 1.29 is 14.7 Å². The van der Waals surface area contributed by atoms with Crippen LogP contribution >= 0.6 is 0 Å². The second kappa shape index (κ2) is 5.99. The molecule has 3 rings (SSSR count). The number of carbonyl (C=O) groups is 2. The molecule has 8 heteroatoms. The molecule has 2 N–H and O–H groups in total. The van der Waals surface area contributed by atoms with E-state index in [2.05, 4.69) is 15.5 Å². The third-order valence-electron chi connectivity index (χ3n) is 3.46. The number of rotatable bonds is 4. The van der Waals surface area contributed by atoms with E-state index in [4.69, 9.17) is 0 Å². The van der Waals surface area contributed by atoms with Crippen LogP contribution in [0.15, 0.2) is 42.6 Å². The molecule has 8 nitrogen and oxygen atoms in total. The van der Waals surface area contributed by atoms with E-state index in [9.17, 15) is 14.7 Å². The van der Waals surface area contributed by atoms with Crippen LogP contribution in [-0.4, -0.2) is 36.5 Å². The average molecular weight is 325 g/mol. The summed E-state index contributed by atoms with van der Waals surface area (Å²) in [6.45, 7) is 1.81. The van der Waals surface area contributed by atoms with E-state index in [0.29, 0.717) is 5.82 Å². The highest BCUT2D eigenvalue weighted by atomic mass is 16.4. The molecule has 1 amide bonds. The van der Waals surface area contributed by atoms with Crippen molar-refractivity contribution in [3.8, 4) is 5.69 Å². The Hall–Kier alpha value is -3.42. The van der Waals surface area contributed by atoms with Crippen molar-refractivity contribution in [3.63, 3.8) is 0 Å². The summed E-state index contributed by atoms with van der Waals surface area (Å²) in [7, 11) is 1.51. The Balaban J connectivity index is 1.97. The van der Waals surface area contributed by atoms with Crippen molar-refractivity contribution >= 4 is 17.7 Å². The Morgan fingerprint density at radius 1 is 1.21 bits per heavy atom. The second-order valence-corrected chi connectivity index (χ2v) is 5.21. The minimum Gasteiger partial charge on any atom is -0.478 e. The number of carboxylic acid groups (broad SMARTS) is 1. The lowest BCUT2D eigenvalue weighted by Crippen LogP contribution is -2.21. The zero-order valence-corrected chi connectivity index (χ0v) is 13.1. The van der Waals surface area contributed by atoms with Crippen LogP contribution in [0, 0.1) is 6.92 Å². The Labute approximate surface area is 137 Å². The minimum absolute atomic E-state index is 0.0269. The van der Waals surface area contributed by atoms with E-state index >= 15 is 0 Å². The van der Waals surface area contributed by atoms with Gasteiger partial charge in [0.2, 0.25) is 0 Å². The Bertz CT molecular complexity index is 911. The maximum Gasteiger partial charge on any atom is 0.339 e. The zero-order valence-electron chi connectivity index (χ0n) is 13.1. The van der Waals surface area contributed by atoms with E-state index in [0.717, 1.165) is 17.6 Å². The molecule has 0 fully saturated rings. The lowest BCUT2D eigenvalue weighted by Gasteiger charge is -2.09. The summed E-state index contributed by atoms with van der Waals surface area (Å²) in [4.78, 5) is 23.8. The number of aromatic nitrogens is 4. The fourth-order valence-electron chi connectivity index (χ4n) is 2.39. The molecule has 2 aromatic heterocycles. The largest absolute Gasteiger partial charge is 0.478 e. The molecule has 3 aromatic rings. The quantitative estimate of drug-likeness (QED) is 0.762. The number of hydrogen-bond donors (Lipinski definition) is 2. The van der Waals surface area contributed by atoms with Gasteiger partial charge >= 0.3 is 5.97 Å². The SMILES string of the molecule is Cc1cc(NC(=O)c2c(C(=O)O)cnn2C)n(-c2ccccc2)n1. The Morgan fingerprint density at radius 3 is 2.58 bits per heavy atom. The number of aryl methyl sites for hydroxylation is 2. The molecular weight excluding hydrogens is 310 g/mol. The summed E-state index contributed by atoms with van der Waals surface area (Å²) >= 11 is 0. The highest BCUT2D eigenvalue weighted by Crippen LogP contribution is 2.18. The molecule has 0 saturated heterocycles. The maximum absolute atomic E-state index is 12.5. The third kappa shape index (κ3) is 2.76. The second-order valence-electron chi connectivity index (χ2n) is 5.21. The maximum atomic E-state index is 12.5. The van der Waals surface area contributed by atoms with Crippen molar-refractivity contribution in [2.75, 3.05) is 5.32 Å². The van der Waals surface area contributed by atoms with Crippen LogP contribution in [0.4, 0.5) is 5.82 Å². The number of anilines is 1. The summed E-state index contributed by atoms with van der Waals surface area (Å²) in [5.41, 5.74) is 1.32. The van der Waals surface area contributed by atoms with E-state index in [1.807, 2.05) is 37.3 Å². The predicted octanol–water partition coefficient (Wildman–Crippen LogP) is 1.86. The summed E-state index contributed by atoms with van der Waals surface area (Å²) in [5, 5.41) is 20.1. The van der Waals surface area contributed by atoms with Crippen molar-refractivity contribution in [3.05, 3.63) is 59.5 Å². The van der Waals surface area contributed by atoms with E-state index in [1.165, 1.54) is 11.7 Å². The monoisotopic (exact) mass is 325 g/mol. The topological polar surface area (TPSA) is 102 Å². The highest BCUT2D eigenvalue weighted by molar-refractivity contribution is 6.09. The van der Waals surface area contributed by atoms with Crippen LogP contribution in [0.3, 0.4) is 0 Å². The summed E-state index contributed by atoms with van der Waals surface area (Å²) < 4.78 is 2.82. The molecule has 1 aromatic carbocycles. The summed E-state index contributed by atoms with van der Waals surface area (Å²) in [6, 6.07) is 11.0. The van der Waals surface area contributed by atoms with Gasteiger partial charge in [0, 0.05) is 13.1 Å². The number of para-hydroxylation sites is 1. The van der Waals surface area contributed by atoms with Gasteiger partial charge in [-0.25, -0.2) is 9.48 Å². The molecule has 0 aliphatic heterocycles. The van der Waals surface area contributed by atoms with Gasteiger partial charge in [-0.05, 0) is 19.1 Å². The van der Waals surface area contributed by atoms with Crippen LogP contribution in [-0.2, 0) is 7.05 Å². The smallest absolute Gasteiger partial charge is 0.339 e. The number of benzene rings is 1. The number of nitrogens with one attached hydrogen (secondary N) is 1. The van der Waals surface area contributed by atoms with Gasteiger partial charge in [-0.15, -0.1) is 0 Å². The molecule has 2 heterocycles. The van der Waals surface area contributed by atoms with Crippen molar-refractivity contribution in [2.45, 2.75) is 6.92 Å². The lowest BCUT2D eigenvalue weighted by atomic mass is 10.2. The number of carbonyl (C=O) groups excluding carboxylic acids is 1. The van der Waals surface area contributed by atoms with E-state index < -0.39 is 11.9 Å². The van der Waals surface area contributed by atoms with Gasteiger partial charge in [0.25, 0.3) is 5.91 Å². The van der Waals surface area contributed by atoms with Gasteiger partial charge in [-0.2, -0.15) is 10.2 Å². The van der Waals surface area contributed by atoms with E-state index in [-0.39, 0.29) is 11.3 Å². The molecule has 24 heavy (non-hydrogen) atoms. The molecule has 0 aliphatic carbocycles. The molecule has 122 valence electrons. The molecule has 0 saturated carbocycles. The van der Waals surface area contributed by atoms with Gasteiger partial charge in [0.05, 0.1) is 17.6 Å². The van der Waals surface area contributed by atoms with Crippen LogP contribution in [0.5, 0.6) is 0 Å². The first-order valence-corrected chi connectivity index (χ1v) is 7.16. The van der Waals surface area contributed by atoms with Crippen LogP contribution in [0.25, 0.3) is 5.69 Å². The number of aromatic carboxylic acids is 1. The zero-order chi connectivity index (χ0) is 17.3. The molecule has 0 spiro atoms. The normalized spacial score (nSPS) is 10.6. The average Bonchev–Trinajstić information content (AvgIpc) is 3.11. The molecule has 0 radical (unpaired) electrons. The minimum atomic E-state index is -1.21. The molecule has 0 atom stereocenters. The van der Waals surface area contributed by atoms with Gasteiger partial charge in [0.1, 0.15) is 17.1 Å². The first kappa shape index (κ1) is 15.5. The lowest BCUT2D eigenvalue weighted by molar-refractivity contribution is 0.0692. The number of carboxylic acids is 1. The summed E-state index contributed by atoms with van der Waals surface area (Å²) in [6.07, 6.45) is 1.15. The molecular formula is C16H15N5O3. The predicted molar refractivity (Wildman–Crippen MR) is 86.4 cm³/mol. The molecule has 0 aliphatic rings. The van der Waals surface area contributed by atoms with Crippen LogP contribution < -0.4 is 5.32 Å². The van der Waals surface area contributed by atoms with Crippen LogP contribution in [0.2, 0.25) is 0 Å². The molecule has 0 unspecified atom stereocenters. The van der Waals surface area contributed by atoms with Gasteiger partial charge in [-0.3, -0.25) is 9.48 Å². The number of hydrogen-bond acceptors (Lipinski definition) is 4. The first-order valence-electron chi connectivity index (χ1n) is 7.16. The number of nitrogens with zero attached hydrogens (tertiary/aromatic N) is 4. The number of amides is 1. The standard InChI is InChI=1S/C16H15N5O3/c1-10-8-13(21(19-10)11-6-4-3-5-7-11)18-15(22)14-12(16(23)24)9-17-20(14)2/h3-9H,1-2H3,(H,18,22)(H,23,24). The molecule has 0 bridgehead atoms. The summed E-state index contributed by atoms with van der Waals surface area (Å²) in [5.74, 6) is -1.33. The van der Waals surface area contributed by atoms with Crippen LogP contribution in [0.1, 0.15) is 26.5 Å². The van der Waals surface area contributed by atoms with E-state index in [1.54, 1.807) is 10.7 Å². The van der Waals surface area contributed by atoms with Crippen molar-refractivity contribution in [1.29, 1.82) is 0 Å². The third-order valence-corrected chi connectivity index (χ3v) is 3.46.